The lowest BCUT2D eigenvalue weighted by Crippen LogP contribution is -2.46. The summed E-state index contributed by atoms with van der Waals surface area (Å²) in [6.07, 6.45) is 0.631. The van der Waals surface area contributed by atoms with Gasteiger partial charge in [0.2, 0.25) is 5.91 Å². The minimum absolute atomic E-state index is 0.0646. The van der Waals surface area contributed by atoms with Crippen molar-refractivity contribution in [1.29, 1.82) is 0 Å². The van der Waals surface area contributed by atoms with Crippen molar-refractivity contribution in [2.75, 3.05) is 26.2 Å². The Morgan fingerprint density at radius 2 is 2.00 bits per heavy atom. The van der Waals surface area contributed by atoms with E-state index in [1.54, 1.807) is 4.90 Å². The molecule has 2 aromatic rings. The fourth-order valence-corrected chi connectivity index (χ4v) is 4.83. The van der Waals surface area contributed by atoms with E-state index in [1.165, 1.54) is 22.5 Å². The topological polar surface area (TPSA) is 78.7 Å². The van der Waals surface area contributed by atoms with E-state index in [9.17, 15) is 9.59 Å². The molecule has 3 N–H and O–H groups in total. The smallest absolute Gasteiger partial charge is 0.264 e. The molecule has 2 unspecified atom stereocenters. The van der Waals surface area contributed by atoms with Crippen LogP contribution in [0.1, 0.15) is 41.1 Å². The van der Waals surface area contributed by atoms with E-state index in [-0.39, 0.29) is 17.9 Å². The van der Waals surface area contributed by atoms with Gasteiger partial charge in [0.25, 0.3) is 5.91 Å². The van der Waals surface area contributed by atoms with Crippen molar-refractivity contribution in [2.24, 2.45) is 11.7 Å². The van der Waals surface area contributed by atoms with E-state index in [4.69, 9.17) is 5.73 Å². The molecule has 1 aliphatic heterocycles. The molecule has 31 heavy (non-hydrogen) atoms. The second kappa shape index (κ2) is 10.9. The molecular formula is C24H34N4O2S. The summed E-state index contributed by atoms with van der Waals surface area (Å²) >= 11 is 1.42. The highest BCUT2D eigenvalue weighted by Crippen LogP contribution is 2.27. The Morgan fingerprint density at radius 3 is 2.61 bits per heavy atom. The predicted molar refractivity (Wildman–Crippen MR) is 126 cm³/mol. The van der Waals surface area contributed by atoms with Gasteiger partial charge in [-0.1, -0.05) is 49.7 Å². The third kappa shape index (κ3) is 6.15. The van der Waals surface area contributed by atoms with Crippen molar-refractivity contribution in [2.45, 2.75) is 45.8 Å². The summed E-state index contributed by atoms with van der Waals surface area (Å²) in [5.41, 5.74) is 8.06. The fraction of sp³-hybridized carbons (Fsp3) is 0.500. The van der Waals surface area contributed by atoms with Gasteiger partial charge in [-0.3, -0.25) is 14.5 Å². The Bertz CT molecular complexity index is 851. The van der Waals surface area contributed by atoms with Gasteiger partial charge in [0.05, 0.1) is 4.88 Å². The highest BCUT2D eigenvalue weighted by Gasteiger charge is 2.42. The summed E-state index contributed by atoms with van der Waals surface area (Å²) in [6.45, 7) is 9.57. The molecular weight excluding hydrogens is 408 g/mol. The summed E-state index contributed by atoms with van der Waals surface area (Å²) < 4.78 is 0. The summed E-state index contributed by atoms with van der Waals surface area (Å²) in [7, 11) is 0. The standard InChI is InChI=1S/C24H34N4O2S/c1-17(2)14-27(15-19-8-6-18(3)7-9-19)20-13-21(23(29)26-11-10-25)28(16-20)24(30)22-5-4-12-31-22/h4-9,12,17,20-21H,10-11,13-16,25H2,1-3H3,(H,26,29). The summed E-state index contributed by atoms with van der Waals surface area (Å²) in [5.74, 6) is 0.305. The largest absolute Gasteiger partial charge is 0.353 e. The maximum atomic E-state index is 13.2. The zero-order valence-electron chi connectivity index (χ0n) is 18.7. The maximum absolute atomic E-state index is 13.2. The molecule has 6 nitrogen and oxygen atoms in total. The Balaban J connectivity index is 1.82. The third-order valence-corrected chi connectivity index (χ3v) is 6.50. The molecule has 0 saturated carbocycles. The normalized spacial score (nSPS) is 18.7. The molecule has 2 heterocycles. The van der Waals surface area contributed by atoms with Crippen LogP contribution >= 0.6 is 11.3 Å². The Morgan fingerprint density at radius 1 is 1.26 bits per heavy atom. The van der Waals surface area contributed by atoms with E-state index < -0.39 is 6.04 Å². The molecule has 168 valence electrons. The number of hydrogen-bond acceptors (Lipinski definition) is 5. The van der Waals surface area contributed by atoms with E-state index in [2.05, 4.69) is 55.3 Å². The number of amides is 2. The first-order valence-electron chi connectivity index (χ1n) is 11.0. The van der Waals surface area contributed by atoms with Crippen molar-refractivity contribution < 1.29 is 9.59 Å². The summed E-state index contributed by atoms with van der Waals surface area (Å²) in [4.78, 5) is 31.0. The fourth-order valence-electron chi connectivity index (χ4n) is 4.15. The van der Waals surface area contributed by atoms with Crippen LogP contribution in [0.4, 0.5) is 0 Å². The van der Waals surface area contributed by atoms with Crippen molar-refractivity contribution in [1.82, 2.24) is 15.1 Å². The number of nitrogens with zero attached hydrogens (tertiary/aromatic N) is 2. The molecule has 1 aromatic carbocycles. The zero-order valence-corrected chi connectivity index (χ0v) is 19.5. The zero-order chi connectivity index (χ0) is 22.4. The van der Waals surface area contributed by atoms with Crippen LogP contribution in [0.15, 0.2) is 41.8 Å². The summed E-state index contributed by atoms with van der Waals surface area (Å²) in [5, 5.41) is 4.78. The molecule has 0 radical (unpaired) electrons. The van der Waals surface area contributed by atoms with E-state index >= 15 is 0 Å². The van der Waals surface area contributed by atoms with Gasteiger partial charge in [0.15, 0.2) is 0 Å². The quantitative estimate of drug-likeness (QED) is 0.626. The Kier molecular flexibility index (Phi) is 8.23. The van der Waals surface area contributed by atoms with Crippen LogP contribution in [0.25, 0.3) is 0 Å². The van der Waals surface area contributed by atoms with Gasteiger partial charge >= 0.3 is 0 Å². The number of carbonyl (C=O) groups is 2. The first-order valence-corrected chi connectivity index (χ1v) is 11.9. The number of nitrogens with one attached hydrogen (secondary N) is 1. The molecule has 0 spiro atoms. The SMILES string of the molecule is Cc1ccc(CN(CC(C)C)C2CC(C(=O)NCCN)N(C(=O)c3cccs3)C2)cc1. The second-order valence-electron chi connectivity index (χ2n) is 8.73. The predicted octanol–water partition coefficient (Wildman–Crippen LogP) is 2.87. The van der Waals surface area contributed by atoms with Crippen LogP contribution in [-0.2, 0) is 11.3 Å². The number of aryl methyl sites for hydroxylation is 1. The molecule has 3 rings (SSSR count). The number of rotatable bonds is 9. The van der Waals surface area contributed by atoms with Crippen LogP contribution < -0.4 is 11.1 Å². The van der Waals surface area contributed by atoms with Gasteiger partial charge in [-0.05, 0) is 36.3 Å². The molecule has 2 amide bonds. The number of thiophene rings is 1. The molecule has 0 aliphatic carbocycles. The van der Waals surface area contributed by atoms with Crippen LogP contribution in [-0.4, -0.2) is 59.9 Å². The van der Waals surface area contributed by atoms with Gasteiger partial charge in [-0.15, -0.1) is 11.3 Å². The van der Waals surface area contributed by atoms with Crippen LogP contribution in [0.5, 0.6) is 0 Å². The highest BCUT2D eigenvalue weighted by molar-refractivity contribution is 7.12. The average molecular weight is 443 g/mol. The van der Waals surface area contributed by atoms with Crippen molar-refractivity contribution in [3.8, 4) is 0 Å². The number of likely N-dealkylation sites (tertiary alicyclic amines) is 1. The monoisotopic (exact) mass is 442 g/mol. The lowest BCUT2D eigenvalue weighted by atomic mass is 10.1. The van der Waals surface area contributed by atoms with Gasteiger partial charge in [0, 0.05) is 38.8 Å². The molecule has 1 aliphatic rings. The van der Waals surface area contributed by atoms with Gasteiger partial charge in [0.1, 0.15) is 6.04 Å². The lowest BCUT2D eigenvalue weighted by Gasteiger charge is -2.30. The molecule has 1 fully saturated rings. The Hall–Kier alpha value is -2.22. The average Bonchev–Trinajstić information content (AvgIpc) is 3.42. The minimum Gasteiger partial charge on any atom is -0.353 e. The van der Waals surface area contributed by atoms with E-state index in [0.717, 1.165) is 13.1 Å². The molecule has 1 saturated heterocycles. The van der Waals surface area contributed by atoms with E-state index in [1.807, 2.05) is 17.5 Å². The van der Waals surface area contributed by atoms with Crippen LogP contribution in [0, 0.1) is 12.8 Å². The number of benzene rings is 1. The maximum Gasteiger partial charge on any atom is 0.264 e. The summed E-state index contributed by atoms with van der Waals surface area (Å²) in [6, 6.07) is 11.9. The van der Waals surface area contributed by atoms with Crippen molar-refractivity contribution >= 4 is 23.2 Å². The highest BCUT2D eigenvalue weighted by atomic mass is 32.1. The molecule has 2 atom stereocenters. The molecule has 1 aromatic heterocycles. The Labute approximate surface area is 189 Å². The third-order valence-electron chi connectivity index (χ3n) is 5.64. The van der Waals surface area contributed by atoms with Gasteiger partial charge in [-0.25, -0.2) is 0 Å². The second-order valence-corrected chi connectivity index (χ2v) is 9.68. The van der Waals surface area contributed by atoms with E-state index in [0.29, 0.717) is 36.9 Å². The molecule has 7 heteroatoms. The first-order chi connectivity index (χ1) is 14.9. The lowest BCUT2D eigenvalue weighted by molar-refractivity contribution is -0.124. The van der Waals surface area contributed by atoms with Gasteiger partial charge in [-0.2, -0.15) is 0 Å². The van der Waals surface area contributed by atoms with Crippen LogP contribution in [0.2, 0.25) is 0 Å². The minimum atomic E-state index is -0.473. The first kappa shape index (κ1) is 23.4. The van der Waals surface area contributed by atoms with Crippen LogP contribution in [0.3, 0.4) is 0 Å². The van der Waals surface area contributed by atoms with Crippen molar-refractivity contribution in [3.63, 3.8) is 0 Å². The van der Waals surface area contributed by atoms with Crippen molar-refractivity contribution in [3.05, 3.63) is 57.8 Å². The van der Waals surface area contributed by atoms with Gasteiger partial charge < -0.3 is 16.0 Å². The number of nitrogens with two attached hydrogens (primary N) is 1. The molecule has 0 bridgehead atoms. The number of carbonyl (C=O) groups excluding carboxylic acids is 2. The number of hydrogen-bond donors (Lipinski definition) is 2.